The number of benzene rings is 1. The number of nitrogens with zero attached hydrogens (tertiary/aromatic N) is 2. The summed E-state index contributed by atoms with van der Waals surface area (Å²) in [6.07, 6.45) is 3.37. The van der Waals surface area contributed by atoms with Crippen molar-refractivity contribution in [2.45, 2.75) is 12.5 Å². The first-order chi connectivity index (χ1) is 9.70. The van der Waals surface area contributed by atoms with E-state index in [9.17, 15) is 4.79 Å². The van der Waals surface area contributed by atoms with Gasteiger partial charge < -0.3 is 0 Å². The first-order valence-corrected chi connectivity index (χ1v) is 6.53. The summed E-state index contributed by atoms with van der Waals surface area (Å²) < 4.78 is 0. The van der Waals surface area contributed by atoms with Crippen LogP contribution in [0.1, 0.15) is 18.1 Å². The number of carbonyl (C=O) groups is 1. The van der Waals surface area contributed by atoms with Gasteiger partial charge in [0.15, 0.2) is 0 Å². The molecule has 1 amide bonds. The molecule has 0 radical (unpaired) electrons. The minimum atomic E-state index is -0.777. The molecule has 0 saturated heterocycles. The number of pyridine rings is 1. The minimum Gasteiger partial charge on any atom is -0.294 e. The lowest BCUT2D eigenvalue weighted by atomic mass is 9.89. The second-order valence-corrected chi connectivity index (χ2v) is 4.94. The highest BCUT2D eigenvalue weighted by molar-refractivity contribution is 6.11. The van der Waals surface area contributed by atoms with Crippen molar-refractivity contribution in [1.29, 1.82) is 0 Å². The molecular formula is C16H15N3O. The molecule has 0 spiro atoms. The number of amides is 1. The Balaban J connectivity index is 1.95. The molecule has 0 unspecified atom stereocenters. The van der Waals surface area contributed by atoms with Gasteiger partial charge in [-0.1, -0.05) is 30.3 Å². The van der Waals surface area contributed by atoms with E-state index in [2.05, 4.69) is 15.3 Å². The third-order valence-electron chi connectivity index (χ3n) is 3.64. The van der Waals surface area contributed by atoms with Gasteiger partial charge in [0.25, 0.3) is 5.91 Å². The molecule has 20 heavy (non-hydrogen) atoms. The standard InChI is InChI=1S/C16H15N3O/c1-16(13-7-9-17-10-8-13)15(20)19-14(11-18-16)12-5-3-2-4-6-12/h2-10,18H,11H2,1H3/t16-/m1/s1. The Bertz CT molecular complexity index is 652. The Morgan fingerprint density at radius 1 is 1.10 bits per heavy atom. The summed E-state index contributed by atoms with van der Waals surface area (Å²) in [6.45, 7) is 2.42. The van der Waals surface area contributed by atoms with Crippen molar-refractivity contribution in [3.8, 4) is 0 Å². The fraction of sp³-hybridized carbons (Fsp3) is 0.188. The smallest absolute Gasteiger partial charge is 0.270 e. The van der Waals surface area contributed by atoms with Crippen LogP contribution in [0.3, 0.4) is 0 Å². The Labute approximate surface area is 117 Å². The van der Waals surface area contributed by atoms with E-state index < -0.39 is 5.54 Å². The third-order valence-corrected chi connectivity index (χ3v) is 3.64. The maximum Gasteiger partial charge on any atom is 0.270 e. The van der Waals surface area contributed by atoms with Crippen LogP contribution in [0.25, 0.3) is 0 Å². The number of hydrogen-bond donors (Lipinski definition) is 1. The Kier molecular flexibility index (Phi) is 3.16. The van der Waals surface area contributed by atoms with Gasteiger partial charge in [0.05, 0.1) is 5.71 Å². The van der Waals surface area contributed by atoms with Gasteiger partial charge in [-0.25, -0.2) is 4.99 Å². The van der Waals surface area contributed by atoms with Gasteiger partial charge in [0.2, 0.25) is 0 Å². The van der Waals surface area contributed by atoms with Crippen LogP contribution in [0.5, 0.6) is 0 Å². The molecule has 0 aliphatic carbocycles. The van der Waals surface area contributed by atoms with E-state index >= 15 is 0 Å². The van der Waals surface area contributed by atoms with Gasteiger partial charge in [0.1, 0.15) is 5.54 Å². The van der Waals surface area contributed by atoms with Gasteiger partial charge in [-0.05, 0) is 30.2 Å². The Hall–Kier alpha value is -2.33. The summed E-state index contributed by atoms with van der Waals surface area (Å²) in [4.78, 5) is 20.7. The van der Waals surface area contributed by atoms with Gasteiger partial charge in [-0.2, -0.15) is 0 Å². The predicted octanol–water partition coefficient (Wildman–Crippen LogP) is 1.92. The van der Waals surface area contributed by atoms with Crippen molar-refractivity contribution < 1.29 is 4.79 Å². The van der Waals surface area contributed by atoms with Crippen molar-refractivity contribution in [2.24, 2.45) is 4.99 Å². The van der Waals surface area contributed by atoms with Crippen LogP contribution >= 0.6 is 0 Å². The van der Waals surface area contributed by atoms with E-state index in [-0.39, 0.29) is 5.91 Å². The number of aromatic nitrogens is 1. The van der Waals surface area contributed by atoms with E-state index in [4.69, 9.17) is 0 Å². The first-order valence-electron chi connectivity index (χ1n) is 6.53. The highest BCUT2D eigenvalue weighted by Gasteiger charge is 2.38. The zero-order valence-electron chi connectivity index (χ0n) is 11.2. The zero-order valence-corrected chi connectivity index (χ0v) is 11.2. The Morgan fingerprint density at radius 3 is 2.45 bits per heavy atom. The van der Waals surface area contributed by atoms with Crippen LogP contribution in [0.4, 0.5) is 0 Å². The highest BCUT2D eigenvalue weighted by atomic mass is 16.2. The molecule has 1 aromatic heterocycles. The van der Waals surface area contributed by atoms with Crippen LogP contribution in [-0.2, 0) is 10.3 Å². The summed E-state index contributed by atoms with van der Waals surface area (Å²) in [7, 11) is 0. The topological polar surface area (TPSA) is 54.4 Å². The quantitative estimate of drug-likeness (QED) is 0.902. The molecular weight excluding hydrogens is 250 g/mol. The lowest BCUT2D eigenvalue weighted by molar-refractivity contribution is -0.124. The van der Waals surface area contributed by atoms with Crippen molar-refractivity contribution in [3.63, 3.8) is 0 Å². The molecule has 1 aliphatic rings. The average Bonchev–Trinajstić information content (AvgIpc) is 2.52. The summed E-state index contributed by atoms with van der Waals surface area (Å²) in [5.41, 5.74) is 1.86. The number of aliphatic imine (C=N–C) groups is 1. The predicted molar refractivity (Wildman–Crippen MR) is 77.6 cm³/mol. The van der Waals surface area contributed by atoms with Gasteiger partial charge >= 0.3 is 0 Å². The molecule has 1 aromatic carbocycles. The normalized spacial score (nSPS) is 22.4. The number of rotatable bonds is 2. The molecule has 0 bridgehead atoms. The largest absolute Gasteiger partial charge is 0.294 e. The molecule has 2 heterocycles. The maximum absolute atomic E-state index is 12.4. The van der Waals surface area contributed by atoms with Gasteiger partial charge in [-0.15, -0.1) is 0 Å². The summed E-state index contributed by atoms with van der Waals surface area (Å²) in [6, 6.07) is 13.4. The molecule has 4 heteroatoms. The SMILES string of the molecule is C[C@]1(c2ccncc2)NCC(c2ccccc2)=NC1=O. The lowest BCUT2D eigenvalue weighted by Gasteiger charge is -2.32. The number of carbonyl (C=O) groups excluding carboxylic acids is 1. The van der Waals surface area contributed by atoms with Crippen molar-refractivity contribution >= 4 is 11.6 Å². The molecule has 0 fully saturated rings. The number of nitrogens with one attached hydrogen (secondary N) is 1. The molecule has 100 valence electrons. The molecule has 3 rings (SSSR count). The van der Waals surface area contributed by atoms with E-state index in [0.717, 1.165) is 16.8 Å². The summed E-state index contributed by atoms with van der Waals surface area (Å²) >= 11 is 0. The van der Waals surface area contributed by atoms with Crippen molar-refractivity contribution in [1.82, 2.24) is 10.3 Å². The first kappa shape index (κ1) is 12.7. The molecule has 4 nitrogen and oxygen atoms in total. The van der Waals surface area contributed by atoms with Gasteiger partial charge in [-0.3, -0.25) is 15.1 Å². The summed E-state index contributed by atoms with van der Waals surface area (Å²) in [5, 5.41) is 3.30. The second kappa shape index (κ2) is 4.98. The van der Waals surface area contributed by atoms with Crippen LogP contribution in [0, 0.1) is 0 Å². The number of hydrogen-bond acceptors (Lipinski definition) is 3. The van der Waals surface area contributed by atoms with Crippen LogP contribution in [0.2, 0.25) is 0 Å². The van der Waals surface area contributed by atoms with E-state index in [1.165, 1.54) is 0 Å². The fourth-order valence-electron chi connectivity index (χ4n) is 2.32. The van der Waals surface area contributed by atoms with Crippen molar-refractivity contribution in [2.75, 3.05) is 6.54 Å². The van der Waals surface area contributed by atoms with Crippen molar-refractivity contribution in [3.05, 3.63) is 66.0 Å². The summed E-state index contributed by atoms with van der Waals surface area (Å²) in [5.74, 6) is -0.172. The molecule has 1 atom stereocenters. The van der Waals surface area contributed by atoms with Crippen LogP contribution in [0.15, 0.2) is 59.9 Å². The van der Waals surface area contributed by atoms with Gasteiger partial charge in [0, 0.05) is 18.9 Å². The molecule has 1 aliphatic heterocycles. The van der Waals surface area contributed by atoms with E-state index in [1.807, 2.05) is 49.4 Å². The third kappa shape index (κ3) is 2.14. The van der Waals surface area contributed by atoms with Crippen LogP contribution in [-0.4, -0.2) is 23.1 Å². The minimum absolute atomic E-state index is 0.172. The van der Waals surface area contributed by atoms with E-state index in [0.29, 0.717) is 6.54 Å². The Morgan fingerprint density at radius 2 is 1.80 bits per heavy atom. The van der Waals surface area contributed by atoms with E-state index in [1.54, 1.807) is 12.4 Å². The maximum atomic E-state index is 12.4. The van der Waals surface area contributed by atoms with Crippen LogP contribution < -0.4 is 5.32 Å². The second-order valence-electron chi connectivity index (χ2n) is 4.94. The highest BCUT2D eigenvalue weighted by Crippen LogP contribution is 2.24. The molecule has 0 saturated carbocycles. The molecule has 2 aromatic rings. The lowest BCUT2D eigenvalue weighted by Crippen LogP contribution is -2.51. The zero-order chi connectivity index (χ0) is 14.0. The monoisotopic (exact) mass is 265 g/mol. The fourth-order valence-corrected chi connectivity index (χ4v) is 2.32. The molecule has 1 N–H and O–H groups in total. The average molecular weight is 265 g/mol.